The molecule has 1 spiro atoms. The number of aromatic hydroxyl groups is 1. The molecule has 1 aromatic carbocycles. The summed E-state index contributed by atoms with van der Waals surface area (Å²) in [7, 11) is 1.52. The number of Topliss-reactive ketones (excluding diaryl/α,β-unsaturated/α-hetero) is 2. The smallest absolute Gasteiger partial charge is 0.173 e. The van der Waals surface area contributed by atoms with Crippen molar-refractivity contribution in [1.29, 1.82) is 0 Å². The minimum Gasteiger partial charge on any atom is -0.507 e. The van der Waals surface area contributed by atoms with Gasteiger partial charge >= 0.3 is 0 Å². The van der Waals surface area contributed by atoms with E-state index < -0.39 is 35.6 Å². The number of hydrogen-bond acceptors (Lipinski definition) is 6. The highest BCUT2D eigenvalue weighted by Gasteiger charge is 2.76. The van der Waals surface area contributed by atoms with E-state index in [1.165, 1.54) is 13.2 Å². The van der Waals surface area contributed by atoms with Gasteiger partial charge in [-0.3, -0.25) is 9.59 Å². The molecular weight excluding hydrogens is 324 g/mol. The van der Waals surface area contributed by atoms with Gasteiger partial charge in [0.2, 0.25) is 0 Å². The Hall–Kier alpha value is -1.76. The zero-order valence-electron chi connectivity index (χ0n) is 13.8. The number of ketones is 2. The SMILES string of the molecule is CO[C@H]1[C@H]2C(=O)c3c(O)cccc3C(=O)[C@H]2[C@H]2[C@H](O)CCC[C@]23O[C@H]13. The van der Waals surface area contributed by atoms with E-state index in [2.05, 4.69) is 0 Å². The highest BCUT2D eigenvalue weighted by Crippen LogP contribution is 2.63. The van der Waals surface area contributed by atoms with Gasteiger partial charge in [-0.15, -0.1) is 0 Å². The van der Waals surface area contributed by atoms with Gasteiger partial charge in [0.25, 0.3) is 0 Å². The van der Waals surface area contributed by atoms with Gasteiger partial charge in [0, 0.05) is 24.5 Å². The Morgan fingerprint density at radius 1 is 1.24 bits per heavy atom. The average molecular weight is 344 g/mol. The molecular formula is C19H20O6. The summed E-state index contributed by atoms with van der Waals surface area (Å²) in [5.41, 5.74) is -0.230. The molecule has 2 N–H and O–H groups in total. The molecule has 1 heterocycles. The molecule has 6 heteroatoms. The van der Waals surface area contributed by atoms with Crippen LogP contribution >= 0.6 is 0 Å². The van der Waals surface area contributed by atoms with Crippen molar-refractivity contribution in [3.63, 3.8) is 0 Å². The summed E-state index contributed by atoms with van der Waals surface area (Å²) in [6, 6.07) is 4.57. The van der Waals surface area contributed by atoms with E-state index in [0.717, 1.165) is 12.8 Å². The second kappa shape index (κ2) is 4.90. The molecule has 2 saturated carbocycles. The minimum atomic E-state index is -0.725. The number of carbonyl (C=O) groups excluding carboxylic acids is 2. The maximum atomic E-state index is 13.3. The number of aliphatic hydroxyl groups excluding tert-OH is 1. The topological polar surface area (TPSA) is 96.4 Å². The molecule has 4 aliphatic rings. The monoisotopic (exact) mass is 344 g/mol. The third kappa shape index (κ3) is 1.75. The van der Waals surface area contributed by atoms with Crippen LogP contribution in [0.2, 0.25) is 0 Å². The van der Waals surface area contributed by atoms with Crippen LogP contribution in [0.15, 0.2) is 18.2 Å². The molecule has 3 aliphatic carbocycles. The van der Waals surface area contributed by atoms with Crippen LogP contribution in [0.4, 0.5) is 0 Å². The lowest BCUT2D eigenvalue weighted by atomic mass is 9.54. The van der Waals surface area contributed by atoms with Crippen molar-refractivity contribution in [1.82, 2.24) is 0 Å². The van der Waals surface area contributed by atoms with Crippen LogP contribution in [-0.4, -0.2) is 52.8 Å². The normalized spacial score (nSPS) is 44.4. The lowest BCUT2D eigenvalue weighted by molar-refractivity contribution is -0.0604. The fourth-order valence-corrected chi connectivity index (χ4v) is 5.69. The summed E-state index contributed by atoms with van der Waals surface area (Å²) in [4.78, 5) is 26.5. The van der Waals surface area contributed by atoms with Crippen molar-refractivity contribution in [2.24, 2.45) is 17.8 Å². The van der Waals surface area contributed by atoms with Crippen molar-refractivity contribution in [3.05, 3.63) is 29.3 Å². The van der Waals surface area contributed by atoms with Crippen molar-refractivity contribution >= 4 is 11.6 Å². The van der Waals surface area contributed by atoms with E-state index >= 15 is 0 Å². The lowest BCUT2D eigenvalue weighted by Crippen LogP contribution is -2.61. The summed E-state index contributed by atoms with van der Waals surface area (Å²) in [5.74, 6) is -2.45. The Morgan fingerprint density at radius 3 is 2.80 bits per heavy atom. The van der Waals surface area contributed by atoms with Crippen LogP contribution in [0.1, 0.15) is 40.0 Å². The van der Waals surface area contributed by atoms with Crippen LogP contribution < -0.4 is 0 Å². The van der Waals surface area contributed by atoms with Crippen LogP contribution in [0.3, 0.4) is 0 Å². The number of phenols is 1. The van der Waals surface area contributed by atoms with Gasteiger partial charge in [0.05, 0.1) is 23.7 Å². The van der Waals surface area contributed by atoms with Gasteiger partial charge in [-0.25, -0.2) is 0 Å². The Morgan fingerprint density at radius 2 is 2.04 bits per heavy atom. The highest BCUT2D eigenvalue weighted by molar-refractivity contribution is 6.18. The number of carbonyl (C=O) groups is 2. The number of fused-ring (bicyclic) bond motifs is 3. The predicted molar refractivity (Wildman–Crippen MR) is 85.5 cm³/mol. The molecule has 0 bridgehead atoms. The Labute approximate surface area is 144 Å². The Balaban J connectivity index is 1.71. The van der Waals surface area contributed by atoms with Crippen LogP contribution in [0, 0.1) is 17.8 Å². The van der Waals surface area contributed by atoms with Gasteiger partial charge in [-0.2, -0.15) is 0 Å². The number of phenolic OH excluding ortho intramolecular Hbond substituents is 1. The average Bonchev–Trinajstić information content (AvgIpc) is 3.30. The van der Waals surface area contributed by atoms with E-state index in [-0.39, 0.29) is 34.5 Å². The first-order valence-corrected chi connectivity index (χ1v) is 8.80. The fraction of sp³-hybridized carbons (Fsp3) is 0.579. The predicted octanol–water partition coefficient (Wildman–Crippen LogP) is 1.33. The Bertz CT molecular complexity index is 788. The van der Waals surface area contributed by atoms with E-state index in [0.29, 0.717) is 6.42 Å². The molecule has 7 atom stereocenters. The van der Waals surface area contributed by atoms with Gasteiger partial charge < -0.3 is 19.7 Å². The number of ether oxygens (including phenoxy) is 2. The van der Waals surface area contributed by atoms with E-state index in [1.807, 2.05) is 0 Å². The first-order valence-electron chi connectivity index (χ1n) is 8.80. The Kier molecular flexibility index (Phi) is 3.04. The van der Waals surface area contributed by atoms with Gasteiger partial charge in [-0.1, -0.05) is 12.1 Å². The zero-order chi connectivity index (χ0) is 17.5. The summed E-state index contributed by atoms with van der Waals surface area (Å²) in [6.07, 6.45) is 0.745. The molecule has 0 aromatic heterocycles. The van der Waals surface area contributed by atoms with Crippen LogP contribution in [-0.2, 0) is 9.47 Å². The third-order valence-electron chi connectivity index (χ3n) is 6.68. The number of rotatable bonds is 1. The zero-order valence-corrected chi connectivity index (χ0v) is 13.8. The number of aliphatic hydroxyl groups is 1. The largest absolute Gasteiger partial charge is 0.507 e. The molecule has 0 radical (unpaired) electrons. The number of epoxide rings is 1. The molecule has 6 nitrogen and oxygen atoms in total. The second-order valence-electron chi connectivity index (χ2n) is 7.66. The summed E-state index contributed by atoms with van der Waals surface area (Å²) < 4.78 is 11.6. The van der Waals surface area contributed by atoms with Crippen LogP contribution in [0.25, 0.3) is 0 Å². The summed E-state index contributed by atoms with van der Waals surface area (Å²) >= 11 is 0. The molecule has 0 amide bonds. The molecule has 1 aliphatic heterocycles. The molecule has 3 fully saturated rings. The van der Waals surface area contributed by atoms with E-state index in [4.69, 9.17) is 9.47 Å². The second-order valence-corrected chi connectivity index (χ2v) is 7.66. The molecule has 132 valence electrons. The van der Waals surface area contributed by atoms with E-state index in [9.17, 15) is 19.8 Å². The first kappa shape index (κ1) is 15.5. The maximum Gasteiger partial charge on any atom is 0.173 e. The molecule has 5 rings (SSSR count). The van der Waals surface area contributed by atoms with Gasteiger partial charge in [0.1, 0.15) is 17.5 Å². The number of hydrogen-bond donors (Lipinski definition) is 2. The standard InChI is InChI=1S/C19H20O6/c1-24-17-13-12(14-10(21)6-3-7-19(14)18(17)25-19)15(22)8-4-2-5-9(20)11(8)16(13)23/h2,4-5,10,12-14,17-18,20-21H,3,6-7H2,1H3/t10-,12-,13-,14-,17+,18-,19+/m1/s1. The first-order chi connectivity index (χ1) is 12.0. The van der Waals surface area contributed by atoms with Crippen LogP contribution in [0.5, 0.6) is 5.75 Å². The third-order valence-corrected chi connectivity index (χ3v) is 6.68. The number of benzene rings is 1. The number of methoxy groups -OCH3 is 1. The molecule has 1 aromatic rings. The van der Waals surface area contributed by atoms with Gasteiger partial charge in [0.15, 0.2) is 11.6 Å². The van der Waals surface area contributed by atoms with Crippen molar-refractivity contribution in [3.8, 4) is 5.75 Å². The van der Waals surface area contributed by atoms with Crippen molar-refractivity contribution in [2.75, 3.05) is 7.11 Å². The summed E-state index contributed by atoms with van der Waals surface area (Å²) in [5, 5.41) is 20.8. The maximum absolute atomic E-state index is 13.3. The minimum absolute atomic E-state index is 0.0780. The molecule has 25 heavy (non-hydrogen) atoms. The van der Waals surface area contributed by atoms with Gasteiger partial charge in [-0.05, 0) is 25.3 Å². The van der Waals surface area contributed by atoms with E-state index in [1.54, 1.807) is 12.1 Å². The quantitative estimate of drug-likeness (QED) is 0.746. The molecule has 1 saturated heterocycles. The fourth-order valence-electron chi connectivity index (χ4n) is 5.69. The van der Waals surface area contributed by atoms with Crippen molar-refractivity contribution in [2.45, 2.75) is 43.2 Å². The summed E-state index contributed by atoms with van der Waals surface area (Å²) in [6.45, 7) is 0. The van der Waals surface area contributed by atoms with Crippen molar-refractivity contribution < 1.29 is 29.3 Å². The molecule has 0 unspecified atom stereocenters. The highest BCUT2D eigenvalue weighted by atomic mass is 16.6. The lowest BCUT2D eigenvalue weighted by Gasteiger charge is -2.48.